The first-order valence-electron chi connectivity index (χ1n) is 16.6. The van der Waals surface area contributed by atoms with Crippen molar-refractivity contribution in [3.63, 3.8) is 0 Å². The molecule has 0 radical (unpaired) electrons. The number of carbonyl (C=O) groups excluding carboxylic acids is 1. The maximum Gasteiger partial charge on any atom is 0.247 e. The molecule has 1 aromatic carbocycles. The van der Waals surface area contributed by atoms with Gasteiger partial charge >= 0.3 is 0 Å². The van der Waals surface area contributed by atoms with E-state index in [1.165, 1.54) is 18.4 Å². The minimum Gasteiger partial charge on any atom is -0.401 e. The number of nitrogens with one attached hydrogen (secondary N) is 2. The summed E-state index contributed by atoms with van der Waals surface area (Å²) in [5.41, 5.74) is 15.0. The van der Waals surface area contributed by atoms with Gasteiger partial charge in [-0.25, -0.2) is 0 Å². The minimum atomic E-state index is -1.13. The number of benzene rings is 1. The van der Waals surface area contributed by atoms with Gasteiger partial charge in [-0.1, -0.05) is 31.8 Å². The van der Waals surface area contributed by atoms with Crippen LogP contribution in [0.2, 0.25) is 25.7 Å². The lowest BCUT2D eigenvalue weighted by atomic mass is 9.85. The van der Waals surface area contributed by atoms with Gasteiger partial charge in [0.15, 0.2) is 0 Å². The highest BCUT2D eigenvalue weighted by atomic mass is 28.3. The van der Waals surface area contributed by atoms with Crippen LogP contribution in [0.5, 0.6) is 0 Å². The molecule has 3 saturated carbocycles. The number of anilines is 1. The number of amides is 1. The summed E-state index contributed by atoms with van der Waals surface area (Å²) in [6, 6.07) is 11.3. The fourth-order valence-corrected chi connectivity index (χ4v) is 7.44. The van der Waals surface area contributed by atoms with Crippen molar-refractivity contribution in [2.45, 2.75) is 90.6 Å². The third kappa shape index (κ3) is 6.89. The Labute approximate surface area is 263 Å². The number of ether oxygens (including phenoxy) is 1. The smallest absolute Gasteiger partial charge is 0.247 e. The lowest BCUT2D eigenvalue weighted by Crippen LogP contribution is -2.48. The zero-order valence-corrected chi connectivity index (χ0v) is 28.3. The first kappa shape index (κ1) is 30.8. The molecule has 0 spiro atoms. The molecule has 0 saturated heterocycles. The van der Waals surface area contributed by atoms with Crippen molar-refractivity contribution < 1.29 is 9.53 Å². The van der Waals surface area contributed by atoms with Crippen LogP contribution >= 0.6 is 0 Å². The van der Waals surface area contributed by atoms with Crippen LogP contribution in [0.1, 0.15) is 70.2 Å². The van der Waals surface area contributed by atoms with E-state index in [0.29, 0.717) is 30.4 Å². The van der Waals surface area contributed by atoms with E-state index in [9.17, 15) is 4.79 Å². The molecule has 3 fully saturated rings. The molecule has 44 heavy (non-hydrogen) atoms. The Morgan fingerprint density at radius 3 is 2.52 bits per heavy atom. The van der Waals surface area contributed by atoms with Gasteiger partial charge in [0, 0.05) is 49.6 Å². The molecule has 8 nitrogen and oxygen atoms in total. The number of hydrogen-bond acceptors (Lipinski definition) is 6. The van der Waals surface area contributed by atoms with Crippen LogP contribution in [0.25, 0.3) is 11.3 Å². The zero-order valence-electron chi connectivity index (χ0n) is 27.3. The average molecular weight is 615 g/mol. The maximum absolute atomic E-state index is 13.9. The monoisotopic (exact) mass is 614 g/mol. The number of allylic oxidation sites excluding steroid dienone is 3. The molecule has 1 amide bonds. The van der Waals surface area contributed by atoms with Crippen LogP contribution in [0.4, 0.5) is 5.69 Å². The summed E-state index contributed by atoms with van der Waals surface area (Å²) in [4.78, 5) is 18.6. The van der Waals surface area contributed by atoms with Crippen LogP contribution in [-0.4, -0.2) is 48.9 Å². The third-order valence-corrected chi connectivity index (χ3v) is 11.3. The Balaban J connectivity index is 1.16. The molecule has 236 valence electrons. The van der Waals surface area contributed by atoms with Crippen molar-refractivity contribution in [3.05, 3.63) is 59.1 Å². The third-order valence-electron chi connectivity index (χ3n) is 9.56. The van der Waals surface area contributed by atoms with Gasteiger partial charge in [0.05, 0.1) is 11.4 Å². The number of hydrogen-bond donors (Lipinski definition) is 3. The van der Waals surface area contributed by atoms with Gasteiger partial charge in [0.1, 0.15) is 12.8 Å². The van der Waals surface area contributed by atoms with E-state index in [4.69, 9.17) is 15.5 Å². The molecule has 6 rings (SSSR count). The van der Waals surface area contributed by atoms with E-state index in [2.05, 4.69) is 72.1 Å². The first-order valence-corrected chi connectivity index (χ1v) is 20.3. The summed E-state index contributed by atoms with van der Waals surface area (Å²) in [7, 11) is -1.13. The minimum absolute atomic E-state index is 0.0372. The second kappa shape index (κ2) is 12.3. The molecular weight excluding hydrogens is 565 g/mol. The summed E-state index contributed by atoms with van der Waals surface area (Å²) < 4.78 is 7.91. The second-order valence-electron chi connectivity index (χ2n) is 14.8. The van der Waals surface area contributed by atoms with E-state index in [-0.39, 0.29) is 18.0 Å². The lowest BCUT2D eigenvalue weighted by Gasteiger charge is -2.33. The molecular formula is C35H50N6O2Si. The Kier molecular flexibility index (Phi) is 8.63. The Hall–Kier alpha value is -3.17. The summed E-state index contributed by atoms with van der Waals surface area (Å²) in [6.07, 6.45) is 7.62. The summed E-state index contributed by atoms with van der Waals surface area (Å²) in [5, 5.41) is 11.5. The number of aliphatic imine (C=N–C) groups is 1. The van der Waals surface area contributed by atoms with Crippen LogP contribution in [0, 0.1) is 23.7 Å². The summed E-state index contributed by atoms with van der Waals surface area (Å²) in [5.74, 6) is 1.92. The molecule has 4 N–H and O–H groups in total. The fourth-order valence-electron chi connectivity index (χ4n) is 6.68. The number of fused-ring (bicyclic) bond motifs is 1. The van der Waals surface area contributed by atoms with Gasteiger partial charge in [-0.05, 0) is 112 Å². The second-order valence-corrected chi connectivity index (χ2v) is 20.4. The standard InChI is InChI=1S/C35H50N6O2Si/c1-21(2)41-29(15-16-38-41)33-28-19-27(28)31(24-7-8-24)34(40-33)35(42)39-26-13-11-23(12-14-26)30(32(36)25-9-10-25)22(3)37-20-43-17-18-44(4,5)6/h11-16,21,24-25,27,31,34,40H,7-10,17-20,36H2,1-6H3,(H,39,42)/t27?,31?,34-/m0/s1. The maximum atomic E-state index is 13.9. The van der Waals surface area contributed by atoms with Crippen molar-refractivity contribution in [3.8, 4) is 0 Å². The zero-order chi connectivity index (χ0) is 31.2. The molecule has 2 unspecified atom stereocenters. The van der Waals surface area contributed by atoms with Crippen LogP contribution < -0.4 is 16.4 Å². The largest absolute Gasteiger partial charge is 0.401 e. The Bertz CT molecular complexity index is 1470. The molecule has 2 aromatic rings. The van der Waals surface area contributed by atoms with E-state index < -0.39 is 8.07 Å². The topological polar surface area (TPSA) is 107 Å². The highest BCUT2D eigenvalue weighted by Gasteiger charge is 2.55. The molecule has 0 bridgehead atoms. The van der Waals surface area contributed by atoms with Crippen molar-refractivity contribution in [2.75, 3.05) is 18.7 Å². The summed E-state index contributed by atoms with van der Waals surface area (Å²) >= 11 is 0. The van der Waals surface area contributed by atoms with Crippen molar-refractivity contribution >= 4 is 36.7 Å². The van der Waals surface area contributed by atoms with Crippen molar-refractivity contribution in [2.24, 2.45) is 34.4 Å². The highest BCUT2D eigenvalue weighted by Crippen LogP contribution is 2.58. The van der Waals surface area contributed by atoms with Gasteiger partial charge in [-0.3, -0.25) is 14.5 Å². The van der Waals surface area contributed by atoms with E-state index in [1.807, 2.05) is 25.3 Å². The molecule has 1 aliphatic heterocycles. The number of nitrogens with two attached hydrogens (primary N) is 1. The number of carbonyl (C=O) groups is 1. The van der Waals surface area contributed by atoms with E-state index in [0.717, 1.165) is 71.5 Å². The van der Waals surface area contributed by atoms with Crippen LogP contribution in [-0.2, 0) is 9.53 Å². The number of rotatable bonds is 13. The summed E-state index contributed by atoms with van der Waals surface area (Å²) in [6.45, 7) is 14.5. The lowest BCUT2D eigenvalue weighted by molar-refractivity contribution is -0.119. The fraction of sp³-hybridized carbons (Fsp3) is 0.571. The van der Waals surface area contributed by atoms with Gasteiger partial charge in [-0.15, -0.1) is 0 Å². The van der Waals surface area contributed by atoms with Crippen molar-refractivity contribution in [1.29, 1.82) is 0 Å². The van der Waals surface area contributed by atoms with Crippen LogP contribution in [0.3, 0.4) is 0 Å². The number of aromatic nitrogens is 2. The molecule has 1 aromatic heterocycles. The molecule has 3 atom stereocenters. The van der Waals surface area contributed by atoms with Crippen LogP contribution in [0.15, 0.2) is 52.8 Å². The number of nitrogens with zero attached hydrogens (tertiary/aromatic N) is 3. The molecule has 9 heteroatoms. The van der Waals surface area contributed by atoms with E-state index in [1.54, 1.807) is 0 Å². The van der Waals surface area contributed by atoms with Gasteiger partial charge < -0.3 is 21.1 Å². The van der Waals surface area contributed by atoms with Gasteiger partial charge in [-0.2, -0.15) is 5.10 Å². The first-order chi connectivity index (χ1) is 21.0. The van der Waals surface area contributed by atoms with Gasteiger partial charge in [0.2, 0.25) is 5.91 Å². The molecule has 4 aliphatic rings. The predicted molar refractivity (Wildman–Crippen MR) is 182 cm³/mol. The quantitative estimate of drug-likeness (QED) is 0.133. The van der Waals surface area contributed by atoms with Crippen molar-refractivity contribution in [1.82, 2.24) is 15.1 Å². The molecule has 3 aliphatic carbocycles. The molecule has 2 heterocycles. The van der Waals surface area contributed by atoms with E-state index >= 15 is 0 Å². The average Bonchev–Trinajstić information content (AvgIpc) is 3.84. The predicted octanol–water partition coefficient (Wildman–Crippen LogP) is 6.68. The Morgan fingerprint density at radius 2 is 1.89 bits per heavy atom. The normalized spacial score (nSPS) is 24.2. The van der Waals surface area contributed by atoms with Gasteiger partial charge in [0.25, 0.3) is 0 Å². The Morgan fingerprint density at radius 1 is 1.16 bits per heavy atom. The highest BCUT2D eigenvalue weighted by molar-refractivity contribution is 6.76. The SMILES string of the molecule is CC(=NCOCC[Si](C)(C)C)C(=C(N)C1CC1)c1ccc(NC(=O)[C@H]2NC(c3ccnn3C(C)C)=C3CC3C2C2CC2)cc1.